The molecule has 0 spiro atoms. The van der Waals surface area contributed by atoms with Crippen LogP contribution in [0.5, 0.6) is 0 Å². The first-order chi connectivity index (χ1) is 11.7. The van der Waals surface area contributed by atoms with E-state index >= 15 is 0 Å². The van der Waals surface area contributed by atoms with Gasteiger partial charge in [-0.05, 0) is 49.1 Å². The quantitative estimate of drug-likeness (QED) is 0.549. The number of nitrogens with zero attached hydrogens (tertiary/aromatic N) is 3. The van der Waals surface area contributed by atoms with Crippen LogP contribution in [0.4, 0.5) is 5.69 Å². The number of aromatic nitrogens is 4. The van der Waals surface area contributed by atoms with Crippen LogP contribution in [-0.4, -0.2) is 19.9 Å². The SMILES string of the molecule is Cc1ccncc1-c1cc(N)c2cnc3[nH]c(C4CC4)nc3c2c1. The van der Waals surface area contributed by atoms with Gasteiger partial charge in [0, 0.05) is 46.5 Å². The molecule has 1 fully saturated rings. The fourth-order valence-corrected chi connectivity index (χ4v) is 3.28. The van der Waals surface area contributed by atoms with Gasteiger partial charge in [0.2, 0.25) is 0 Å². The third kappa shape index (κ3) is 1.98. The maximum atomic E-state index is 6.32. The number of H-pyrrole nitrogens is 1. The van der Waals surface area contributed by atoms with Gasteiger partial charge < -0.3 is 10.7 Å². The molecule has 3 N–H and O–H groups in total. The number of nitrogens with one attached hydrogen (secondary N) is 1. The summed E-state index contributed by atoms with van der Waals surface area (Å²) in [6, 6.07) is 6.16. The predicted molar refractivity (Wildman–Crippen MR) is 95.8 cm³/mol. The van der Waals surface area contributed by atoms with Crippen molar-refractivity contribution in [2.24, 2.45) is 0 Å². The zero-order chi connectivity index (χ0) is 16.3. The van der Waals surface area contributed by atoms with Crippen molar-refractivity contribution in [2.75, 3.05) is 5.73 Å². The molecule has 118 valence electrons. The van der Waals surface area contributed by atoms with E-state index < -0.39 is 0 Å². The van der Waals surface area contributed by atoms with Crippen LogP contribution in [0.1, 0.15) is 30.1 Å². The summed E-state index contributed by atoms with van der Waals surface area (Å²) in [6.07, 6.45) is 7.94. The Bertz CT molecular complexity index is 1090. The summed E-state index contributed by atoms with van der Waals surface area (Å²) in [5, 5.41) is 1.99. The predicted octanol–water partition coefficient (Wildman–Crippen LogP) is 3.94. The van der Waals surface area contributed by atoms with Crippen LogP contribution in [0.25, 0.3) is 33.1 Å². The van der Waals surface area contributed by atoms with Crippen molar-refractivity contribution < 1.29 is 0 Å². The van der Waals surface area contributed by atoms with E-state index in [2.05, 4.69) is 27.9 Å². The van der Waals surface area contributed by atoms with E-state index in [1.807, 2.05) is 24.5 Å². The highest BCUT2D eigenvalue weighted by molar-refractivity contribution is 6.08. The molecule has 4 aromatic rings. The maximum absolute atomic E-state index is 6.32. The average molecular weight is 315 g/mol. The molecule has 0 unspecified atom stereocenters. The van der Waals surface area contributed by atoms with Crippen molar-refractivity contribution in [2.45, 2.75) is 25.7 Å². The zero-order valence-corrected chi connectivity index (χ0v) is 13.4. The second kappa shape index (κ2) is 4.77. The lowest BCUT2D eigenvalue weighted by Crippen LogP contribution is -1.92. The van der Waals surface area contributed by atoms with Crippen molar-refractivity contribution in [3.63, 3.8) is 0 Å². The van der Waals surface area contributed by atoms with Crippen LogP contribution in [0.2, 0.25) is 0 Å². The molecular formula is C19H17N5. The number of hydrogen-bond acceptors (Lipinski definition) is 4. The summed E-state index contributed by atoms with van der Waals surface area (Å²) in [5.74, 6) is 1.61. The number of aryl methyl sites for hydroxylation is 1. The van der Waals surface area contributed by atoms with E-state index in [1.54, 1.807) is 6.20 Å². The molecular weight excluding hydrogens is 298 g/mol. The fourth-order valence-electron chi connectivity index (χ4n) is 3.28. The number of benzene rings is 1. The van der Waals surface area contributed by atoms with E-state index in [0.717, 1.165) is 44.6 Å². The summed E-state index contributed by atoms with van der Waals surface area (Å²) in [6.45, 7) is 2.08. The molecule has 3 aromatic heterocycles. The van der Waals surface area contributed by atoms with Crippen LogP contribution in [0, 0.1) is 6.92 Å². The highest BCUT2D eigenvalue weighted by Gasteiger charge is 2.27. The van der Waals surface area contributed by atoms with E-state index in [9.17, 15) is 0 Å². The first-order valence-corrected chi connectivity index (χ1v) is 8.19. The van der Waals surface area contributed by atoms with E-state index in [-0.39, 0.29) is 0 Å². The van der Waals surface area contributed by atoms with Crippen LogP contribution < -0.4 is 5.73 Å². The first kappa shape index (κ1) is 13.5. The highest BCUT2D eigenvalue weighted by atomic mass is 15.0. The van der Waals surface area contributed by atoms with Crippen LogP contribution in [0.3, 0.4) is 0 Å². The lowest BCUT2D eigenvalue weighted by molar-refractivity contribution is 0.984. The largest absolute Gasteiger partial charge is 0.398 e. The third-order valence-electron chi connectivity index (χ3n) is 4.81. The minimum absolute atomic E-state index is 0.565. The summed E-state index contributed by atoms with van der Waals surface area (Å²) >= 11 is 0. The van der Waals surface area contributed by atoms with Gasteiger partial charge in [0.15, 0.2) is 5.65 Å². The molecule has 0 saturated heterocycles. The lowest BCUT2D eigenvalue weighted by Gasteiger charge is -2.09. The minimum atomic E-state index is 0.565. The Hall–Kier alpha value is -2.95. The van der Waals surface area contributed by atoms with E-state index in [0.29, 0.717) is 5.92 Å². The Morgan fingerprint density at radius 2 is 2.04 bits per heavy atom. The Labute approximate surface area is 139 Å². The number of anilines is 1. The van der Waals surface area contributed by atoms with Crippen LogP contribution >= 0.6 is 0 Å². The smallest absolute Gasteiger partial charge is 0.157 e. The van der Waals surface area contributed by atoms with Gasteiger partial charge in [-0.2, -0.15) is 0 Å². The van der Waals surface area contributed by atoms with Crippen molar-refractivity contribution in [1.29, 1.82) is 0 Å². The Morgan fingerprint density at radius 3 is 2.83 bits per heavy atom. The van der Waals surface area contributed by atoms with Crippen molar-refractivity contribution in [3.05, 3.63) is 48.2 Å². The average Bonchev–Trinajstić information content (AvgIpc) is 3.34. The van der Waals surface area contributed by atoms with Crippen LogP contribution in [-0.2, 0) is 0 Å². The third-order valence-corrected chi connectivity index (χ3v) is 4.81. The molecule has 0 aliphatic heterocycles. The van der Waals surface area contributed by atoms with Gasteiger partial charge in [0.25, 0.3) is 0 Å². The molecule has 24 heavy (non-hydrogen) atoms. The molecule has 0 amide bonds. The van der Waals surface area contributed by atoms with Crippen molar-refractivity contribution in [1.82, 2.24) is 19.9 Å². The number of hydrogen-bond donors (Lipinski definition) is 2. The summed E-state index contributed by atoms with van der Waals surface area (Å²) < 4.78 is 0. The highest BCUT2D eigenvalue weighted by Crippen LogP contribution is 2.40. The Balaban J connectivity index is 1.81. The zero-order valence-electron chi connectivity index (χ0n) is 13.4. The van der Waals surface area contributed by atoms with Gasteiger partial charge in [-0.15, -0.1) is 0 Å². The molecule has 5 nitrogen and oxygen atoms in total. The van der Waals surface area contributed by atoms with Crippen LogP contribution in [0.15, 0.2) is 36.8 Å². The molecule has 0 radical (unpaired) electrons. The van der Waals surface area contributed by atoms with E-state index in [4.69, 9.17) is 10.7 Å². The number of pyridine rings is 2. The standard InChI is InChI=1S/C19H17N5/c1-10-4-5-21-8-14(10)12-6-13-15(16(20)7-12)9-22-19-17(13)23-18(24-19)11-2-3-11/h4-9,11H,2-3,20H2,1H3,(H,22,23,24). The molecule has 1 aliphatic carbocycles. The number of rotatable bonds is 2. The number of fused-ring (bicyclic) bond motifs is 3. The topological polar surface area (TPSA) is 80.5 Å². The first-order valence-electron chi connectivity index (χ1n) is 8.19. The van der Waals surface area contributed by atoms with Gasteiger partial charge >= 0.3 is 0 Å². The second-order valence-corrected chi connectivity index (χ2v) is 6.57. The molecule has 5 heteroatoms. The number of aromatic amines is 1. The normalized spacial score (nSPS) is 14.5. The van der Waals surface area contributed by atoms with Gasteiger partial charge in [-0.3, -0.25) is 4.98 Å². The minimum Gasteiger partial charge on any atom is -0.398 e. The van der Waals surface area contributed by atoms with Crippen molar-refractivity contribution in [3.8, 4) is 11.1 Å². The second-order valence-electron chi connectivity index (χ2n) is 6.57. The molecule has 1 aromatic carbocycles. The lowest BCUT2D eigenvalue weighted by atomic mass is 9.99. The summed E-state index contributed by atoms with van der Waals surface area (Å²) in [5.41, 5.74) is 12.1. The molecule has 1 aliphatic rings. The Kier molecular flexibility index (Phi) is 2.68. The van der Waals surface area contributed by atoms with E-state index in [1.165, 1.54) is 18.4 Å². The summed E-state index contributed by atoms with van der Waals surface area (Å²) in [7, 11) is 0. The molecule has 0 bridgehead atoms. The van der Waals surface area contributed by atoms with Gasteiger partial charge in [-0.25, -0.2) is 9.97 Å². The van der Waals surface area contributed by atoms with Gasteiger partial charge in [0.1, 0.15) is 11.3 Å². The molecule has 5 rings (SSSR count). The van der Waals surface area contributed by atoms with Gasteiger partial charge in [-0.1, -0.05) is 0 Å². The number of nitrogen functional groups attached to an aromatic ring is 1. The monoisotopic (exact) mass is 315 g/mol. The summed E-state index contributed by atoms with van der Waals surface area (Å²) in [4.78, 5) is 16.9. The Morgan fingerprint density at radius 1 is 1.17 bits per heavy atom. The molecule has 1 saturated carbocycles. The number of nitrogens with two attached hydrogens (primary N) is 1. The number of imidazole rings is 1. The van der Waals surface area contributed by atoms with Crippen molar-refractivity contribution >= 4 is 27.6 Å². The van der Waals surface area contributed by atoms with Gasteiger partial charge in [0.05, 0.1) is 0 Å². The molecule has 3 heterocycles. The molecule has 0 atom stereocenters. The maximum Gasteiger partial charge on any atom is 0.157 e. The fraction of sp³-hybridized carbons (Fsp3) is 0.211.